The van der Waals surface area contributed by atoms with Crippen molar-refractivity contribution in [2.75, 3.05) is 0 Å². The van der Waals surface area contributed by atoms with Gasteiger partial charge in [0.2, 0.25) is 0 Å². The zero-order chi connectivity index (χ0) is 12.6. The van der Waals surface area contributed by atoms with Gasteiger partial charge in [0.15, 0.2) is 0 Å². The fourth-order valence-corrected chi connectivity index (χ4v) is 4.98. The quantitative estimate of drug-likeness (QED) is 0.393. The highest BCUT2D eigenvalue weighted by Gasteiger charge is 2.19. The van der Waals surface area contributed by atoms with Gasteiger partial charge in [0.05, 0.1) is 5.38 Å². The van der Waals surface area contributed by atoms with Gasteiger partial charge in [-0.2, -0.15) is 0 Å². The highest BCUT2D eigenvalue weighted by Crippen LogP contribution is 2.41. The van der Waals surface area contributed by atoms with E-state index in [1.54, 1.807) is 11.3 Å². The Morgan fingerprint density at radius 3 is 2.65 bits per heavy atom. The first kappa shape index (κ1) is 13.8. The number of hydrogen-bond acceptors (Lipinski definition) is 1. The maximum absolute atomic E-state index is 6.60. The molecule has 0 bridgehead atoms. The van der Waals surface area contributed by atoms with Crippen molar-refractivity contribution in [2.45, 2.75) is 19.2 Å². The molecule has 0 amide bonds. The lowest BCUT2D eigenvalue weighted by atomic mass is 10.1. The second-order valence-electron chi connectivity index (χ2n) is 3.91. The zero-order valence-corrected chi connectivity index (χ0v) is 14.7. The van der Waals surface area contributed by atoms with Crippen molar-refractivity contribution in [3.8, 4) is 0 Å². The minimum absolute atomic E-state index is 0.0742. The van der Waals surface area contributed by atoms with Crippen LogP contribution >= 0.6 is 61.5 Å². The van der Waals surface area contributed by atoms with Crippen LogP contribution in [0.25, 0.3) is 0 Å². The minimum Gasteiger partial charge on any atom is -0.143 e. The molecular formula is C13H11BrClIS. The Balaban J connectivity index is 2.47. The molecule has 0 N–H and O–H groups in total. The predicted octanol–water partition coefficient (Wildman–Crippen LogP) is 6.06. The van der Waals surface area contributed by atoms with Crippen molar-refractivity contribution in [1.29, 1.82) is 0 Å². The number of hydrogen-bond donors (Lipinski definition) is 0. The standard InChI is InChI=1S/C13H11BrClIS/c1-7-4-3-5-9(12(7)16)11(15)13-10(14)6-8(2)17-13/h3-6,11H,1-2H3. The van der Waals surface area contributed by atoms with Gasteiger partial charge in [-0.3, -0.25) is 0 Å². The molecule has 1 aromatic heterocycles. The SMILES string of the molecule is Cc1cc(Br)c(C(Cl)c2cccc(C)c2I)s1. The Labute approximate surface area is 133 Å². The van der Waals surface area contributed by atoms with Crippen molar-refractivity contribution in [1.82, 2.24) is 0 Å². The molecule has 0 saturated heterocycles. The second-order valence-corrected chi connectivity index (χ2v) is 7.57. The van der Waals surface area contributed by atoms with Crippen molar-refractivity contribution >= 4 is 61.5 Å². The molecule has 1 atom stereocenters. The fraction of sp³-hybridized carbons (Fsp3) is 0.231. The van der Waals surface area contributed by atoms with Crippen LogP contribution in [0, 0.1) is 17.4 Å². The molecule has 90 valence electrons. The van der Waals surface area contributed by atoms with Gasteiger partial charge in [-0.05, 0) is 69.6 Å². The van der Waals surface area contributed by atoms with Gasteiger partial charge in [0.25, 0.3) is 0 Å². The van der Waals surface area contributed by atoms with Gasteiger partial charge in [-0.15, -0.1) is 22.9 Å². The third-order valence-corrected chi connectivity index (χ3v) is 6.65. The van der Waals surface area contributed by atoms with E-state index in [9.17, 15) is 0 Å². The predicted molar refractivity (Wildman–Crippen MR) is 88.3 cm³/mol. The molecular weight excluding hydrogens is 430 g/mol. The third kappa shape index (κ3) is 2.88. The molecule has 1 unspecified atom stereocenters. The first-order valence-electron chi connectivity index (χ1n) is 5.15. The molecule has 2 rings (SSSR count). The monoisotopic (exact) mass is 440 g/mol. The molecule has 0 saturated carbocycles. The summed E-state index contributed by atoms with van der Waals surface area (Å²) < 4.78 is 2.36. The Kier molecular flexibility index (Phi) is 4.55. The molecule has 17 heavy (non-hydrogen) atoms. The Bertz CT molecular complexity index is 550. The molecule has 1 heterocycles. The van der Waals surface area contributed by atoms with Crippen LogP contribution in [-0.2, 0) is 0 Å². The minimum atomic E-state index is -0.0742. The zero-order valence-electron chi connectivity index (χ0n) is 9.43. The smallest absolute Gasteiger partial charge is 0.0949 e. The van der Waals surface area contributed by atoms with Crippen molar-refractivity contribution < 1.29 is 0 Å². The number of rotatable bonds is 2. The summed E-state index contributed by atoms with van der Waals surface area (Å²) in [5.74, 6) is 0. The summed E-state index contributed by atoms with van der Waals surface area (Å²) in [7, 11) is 0. The number of alkyl halides is 1. The molecule has 0 spiro atoms. The van der Waals surface area contributed by atoms with Gasteiger partial charge in [-0.1, -0.05) is 18.2 Å². The molecule has 1 aromatic carbocycles. The van der Waals surface area contributed by atoms with Crippen LogP contribution in [0.5, 0.6) is 0 Å². The van der Waals surface area contributed by atoms with Crippen molar-refractivity contribution in [3.63, 3.8) is 0 Å². The van der Waals surface area contributed by atoms with Gasteiger partial charge >= 0.3 is 0 Å². The number of aryl methyl sites for hydroxylation is 2. The lowest BCUT2D eigenvalue weighted by Crippen LogP contribution is -1.96. The summed E-state index contributed by atoms with van der Waals surface area (Å²) in [5.41, 5.74) is 2.47. The summed E-state index contributed by atoms with van der Waals surface area (Å²) >= 11 is 14.3. The molecule has 0 radical (unpaired) electrons. The maximum atomic E-state index is 6.60. The van der Waals surface area contributed by atoms with Crippen LogP contribution in [-0.4, -0.2) is 0 Å². The first-order valence-corrected chi connectivity index (χ1v) is 8.28. The van der Waals surface area contributed by atoms with Gasteiger partial charge in [-0.25, -0.2) is 0 Å². The summed E-state index contributed by atoms with van der Waals surface area (Å²) in [6.07, 6.45) is 0. The van der Waals surface area contributed by atoms with E-state index in [1.165, 1.54) is 24.5 Å². The molecule has 0 nitrogen and oxygen atoms in total. The number of thiophene rings is 1. The van der Waals surface area contributed by atoms with Gasteiger partial charge in [0.1, 0.15) is 0 Å². The van der Waals surface area contributed by atoms with E-state index in [0.717, 1.165) is 4.47 Å². The van der Waals surface area contributed by atoms with E-state index in [-0.39, 0.29) is 5.38 Å². The fourth-order valence-electron chi connectivity index (χ4n) is 1.68. The molecule has 0 aliphatic rings. The van der Waals surface area contributed by atoms with Gasteiger partial charge < -0.3 is 0 Å². The summed E-state index contributed by atoms with van der Waals surface area (Å²) in [6, 6.07) is 8.41. The van der Waals surface area contributed by atoms with E-state index in [1.807, 2.05) is 0 Å². The van der Waals surface area contributed by atoms with Crippen molar-refractivity contribution in [3.05, 3.63) is 53.2 Å². The highest BCUT2D eigenvalue weighted by molar-refractivity contribution is 14.1. The highest BCUT2D eigenvalue weighted by atomic mass is 127. The van der Waals surface area contributed by atoms with E-state index < -0.39 is 0 Å². The number of halogens is 3. The average molecular weight is 442 g/mol. The Morgan fingerprint density at radius 1 is 1.35 bits per heavy atom. The summed E-state index contributed by atoms with van der Waals surface area (Å²) in [4.78, 5) is 2.47. The third-order valence-electron chi connectivity index (χ3n) is 2.56. The van der Waals surface area contributed by atoms with Crippen LogP contribution in [0.15, 0.2) is 28.7 Å². The Morgan fingerprint density at radius 2 is 2.06 bits per heavy atom. The molecule has 2 aromatic rings. The maximum Gasteiger partial charge on any atom is 0.0949 e. The van der Waals surface area contributed by atoms with Crippen LogP contribution in [0.4, 0.5) is 0 Å². The first-order chi connectivity index (χ1) is 8.00. The largest absolute Gasteiger partial charge is 0.143 e. The summed E-state index contributed by atoms with van der Waals surface area (Å²) in [5, 5.41) is -0.0742. The lowest BCUT2D eigenvalue weighted by molar-refractivity contribution is 1.14. The molecule has 0 aliphatic heterocycles. The van der Waals surface area contributed by atoms with Crippen molar-refractivity contribution in [2.24, 2.45) is 0 Å². The topological polar surface area (TPSA) is 0 Å². The van der Waals surface area contributed by atoms with E-state index in [4.69, 9.17) is 11.6 Å². The molecule has 0 fully saturated rings. The van der Waals surface area contributed by atoms with E-state index >= 15 is 0 Å². The number of benzene rings is 1. The van der Waals surface area contributed by atoms with E-state index in [0.29, 0.717) is 0 Å². The molecule has 0 aliphatic carbocycles. The van der Waals surface area contributed by atoms with Crippen LogP contribution in [0.2, 0.25) is 0 Å². The van der Waals surface area contributed by atoms with Crippen LogP contribution in [0.1, 0.15) is 26.3 Å². The van der Waals surface area contributed by atoms with Crippen LogP contribution in [0.3, 0.4) is 0 Å². The average Bonchev–Trinajstić information content (AvgIpc) is 2.61. The Hall–Kier alpha value is 0.420. The second kappa shape index (κ2) is 5.59. The lowest BCUT2D eigenvalue weighted by Gasteiger charge is -2.12. The normalized spacial score (nSPS) is 12.8. The van der Waals surface area contributed by atoms with E-state index in [2.05, 4.69) is 76.6 Å². The molecule has 4 heteroatoms. The van der Waals surface area contributed by atoms with Crippen LogP contribution < -0.4 is 0 Å². The van der Waals surface area contributed by atoms with Gasteiger partial charge in [0, 0.05) is 17.8 Å². The summed E-state index contributed by atoms with van der Waals surface area (Å²) in [6.45, 7) is 4.22.